The molecule has 4 rings (SSSR count). The van der Waals surface area contributed by atoms with Crippen LogP contribution in [-0.4, -0.2) is 6.79 Å². The lowest BCUT2D eigenvalue weighted by Crippen LogP contribution is -1.99. The number of anilines is 2. The lowest BCUT2D eigenvalue weighted by molar-refractivity contribution is 0.174. The van der Waals surface area contributed by atoms with Crippen molar-refractivity contribution in [3.63, 3.8) is 0 Å². The van der Waals surface area contributed by atoms with Gasteiger partial charge in [0.25, 0.3) is 0 Å². The van der Waals surface area contributed by atoms with Crippen LogP contribution in [0.1, 0.15) is 0 Å². The summed E-state index contributed by atoms with van der Waals surface area (Å²) in [5, 5.41) is 4.10. The molecule has 3 nitrogen and oxygen atoms in total. The van der Waals surface area contributed by atoms with Gasteiger partial charge in [0.1, 0.15) is 0 Å². The van der Waals surface area contributed by atoms with Crippen LogP contribution in [0.25, 0.3) is 0 Å². The first-order chi connectivity index (χ1) is 8.79. The van der Waals surface area contributed by atoms with Gasteiger partial charge in [-0.1, -0.05) is 23.4 Å². The summed E-state index contributed by atoms with van der Waals surface area (Å²) in [6.45, 7) is 0.293. The first-order valence-corrected chi connectivity index (χ1v) is 6.67. The molecule has 2 aromatic carbocycles. The lowest BCUT2D eigenvalue weighted by Gasteiger charge is -2.21. The molecule has 0 atom stereocenters. The van der Waals surface area contributed by atoms with E-state index in [1.165, 1.54) is 0 Å². The minimum atomic E-state index is 0.293. The summed E-state index contributed by atoms with van der Waals surface area (Å²) in [6.07, 6.45) is 0. The molecule has 2 aromatic rings. The zero-order chi connectivity index (χ0) is 12.1. The van der Waals surface area contributed by atoms with E-state index in [2.05, 4.69) is 5.32 Å². The SMILES string of the molecule is Clc1ccc2c(c1)Nc1cc3c(cc1S2)OCO3. The van der Waals surface area contributed by atoms with Crippen LogP contribution >= 0.6 is 23.4 Å². The third-order valence-electron chi connectivity index (χ3n) is 2.91. The van der Waals surface area contributed by atoms with E-state index in [9.17, 15) is 0 Å². The molecule has 0 amide bonds. The van der Waals surface area contributed by atoms with Gasteiger partial charge in [0.15, 0.2) is 11.5 Å². The van der Waals surface area contributed by atoms with Gasteiger partial charge in [-0.25, -0.2) is 0 Å². The Balaban J connectivity index is 1.83. The quantitative estimate of drug-likeness (QED) is 0.664. The van der Waals surface area contributed by atoms with Gasteiger partial charge in [-0.2, -0.15) is 0 Å². The van der Waals surface area contributed by atoms with E-state index in [0.717, 1.165) is 37.7 Å². The number of benzene rings is 2. The summed E-state index contributed by atoms with van der Waals surface area (Å²) < 4.78 is 10.8. The van der Waals surface area contributed by atoms with E-state index in [1.54, 1.807) is 11.8 Å². The van der Waals surface area contributed by atoms with Gasteiger partial charge in [-0.15, -0.1) is 0 Å². The Kier molecular flexibility index (Phi) is 2.16. The van der Waals surface area contributed by atoms with Crippen LogP contribution in [0, 0.1) is 0 Å². The molecule has 0 radical (unpaired) electrons. The van der Waals surface area contributed by atoms with Crippen LogP contribution in [0.4, 0.5) is 11.4 Å². The maximum absolute atomic E-state index is 6.00. The van der Waals surface area contributed by atoms with Gasteiger partial charge in [0.05, 0.1) is 11.4 Å². The average molecular weight is 278 g/mol. The highest BCUT2D eigenvalue weighted by atomic mass is 35.5. The molecule has 2 aliphatic heterocycles. The second-order valence-corrected chi connectivity index (χ2v) is 5.59. The Bertz CT molecular complexity index is 660. The molecular weight excluding hydrogens is 270 g/mol. The normalized spacial score (nSPS) is 14.7. The molecule has 5 heteroatoms. The van der Waals surface area contributed by atoms with E-state index in [4.69, 9.17) is 21.1 Å². The number of halogens is 1. The average Bonchev–Trinajstić information content (AvgIpc) is 2.80. The van der Waals surface area contributed by atoms with Gasteiger partial charge in [0, 0.05) is 26.9 Å². The smallest absolute Gasteiger partial charge is 0.231 e. The standard InChI is InChI=1S/C13H8ClNO2S/c14-7-1-2-12-8(3-7)15-9-4-10-11(17-6-16-10)5-13(9)18-12/h1-5,15H,6H2. The van der Waals surface area contributed by atoms with Crippen LogP contribution < -0.4 is 14.8 Å². The Hall–Kier alpha value is -1.52. The van der Waals surface area contributed by atoms with Gasteiger partial charge < -0.3 is 14.8 Å². The van der Waals surface area contributed by atoms with Crippen molar-refractivity contribution in [2.45, 2.75) is 9.79 Å². The maximum atomic E-state index is 6.00. The molecule has 2 heterocycles. The first kappa shape index (κ1) is 10.4. The predicted octanol–water partition coefficient (Wildman–Crippen LogP) is 4.28. The monoisotopic (exact) mass is 277 g/mol. The summed E-state index contributed by atoms with van der Waals surface area (Å²) in [4.78, 5) is 2.29. The molecule has 0 bridgehead atoms. The molecule has 0 fully saturated rings. The molecular formula is C13H8ClNO2S. The topological polar surface area (TPSA) is 30.5 Å². The molecule has 0 unspecified atom stereocenters. The predicted molar refractivity (Wildman–Crippen MR) is 71.4 cm³/mol. The Morgan fingerprint density at radius 3 is 2.67 bits per heavy atom. The largest absolute Gasteiger partial charge is 0.454 e. The molecule has 0 saturated carbocycles. The van der Waals surface area contributed by atoms with Crippen LogP contribution in [0.2, 0.25) is 5.02 Å². The molecule has 0 saturated heterocycles. The van der Waals surface area contributed by atoms with Crippen molar-refractivity contribution in [1.29, 1.82) is 0 Å². The summed E-state index contributed by atoms with van der Waals surface area (Å²) in [5.41, 5.74) is 2.05. The molecule has 0 aromatic heterocycles. The number of hydrogen-bond donors (Lipinski definition) is 1. The summed E-state index contributed by atoms with van der Waals surface area (Å²) >= 11 is 7.70. The van der Waals surface area contributed by atoms with Crippen LogP contribution in [-0.2, 0) is 0 Å². The summed E-state index contributed by atoms with van der Waals surface area (Å²) in [6, 6.07) is 9.81. The van der Waals surface area contributed by atoms with Crippen LogP contribution in [0.15, 0.2) is 40.1 Å². The zero-order valence-corrected chi connectivity index (χ0v) is 10.8. The van der Waals surface area contributed by atoms with Crippen molar-refractivity contribution in [3.8, 4) is 11.5 Å². The number of rotatable bonds is 0. The Labute approximate surface area is 113 Å². The van der Waals surface area contributed by atoms with E-state index >= 15 is 0 Å². The van der Waals surface area contributed by atoms with E-state index in [-0.39, 0.29) is 0 Å². The third kappa shape index (κ3) is 1.53. The number of ether oxygens (including phenoxy) is 2. The fourth-order valence-electron chi connectivity index (χ4n) is 2.06. The Morgan fingerprint density at radius 1 is 1.00 bits per heavy atom. The third-order valence-corrected chi connectivity index (χ3v) is 4.27. The fraction of sp³-hybridized carbons (Fsp3) is 0.0769. The Morgan fingerprint density at radius 2 is 1.78 bits per heavy atom. The summed E-state index contributed by atoms with van der Waals surface area (Å²) in [7, 11) is 0. The number of fused-ring (bicyclic) bond motifs is 3. The highest BCUT2D eigenvalue weighted by molar-refractivity contribution is 7.99. The van der Waals surface area contributed by atoms with Gasteiger partial charge >= 0.3 is 0 Å². The number of hydrogen-bond acceptors (Lipinski definition) is 4. The van der Waals surface area contributed by atoms with E-state index in [1.807, 2.05) is 30.3 Å². The zero-order valence-electron chi connectivity index (χ0n) is 9.20. The molecule has 18 heavy (non-hydrogen) atoms. The second-order valence-electron chi connectivity index (χ2n) is 4.07. The maximum Gasteiger partial charge on any atom is 0.231 e. The lowest BCUT2D eigenvalue weighted by atomic mass is 10.2. The summed E-state index contributed by atoms with van der Waals surface area (Å²) in [5.74, 6) is 1.59. The van der Waals surface area contributed by atoms with Crippen molar-refractivity contribution in [2.24, 2.45) is 0 Å². The molecule has 0 spiro atoms. The minimum absolute atomic E-state index is 0.293. The molecule has 0 aliphatic carbocycles. The minimum Gasteiger partial charge on any atom is -0.454 e. The highest BCUT2D eigenvalue weighted by Gasteiger charge is 2.22. The molecule has 2 aliphatic rings. The molecule has 1 N–H and O–H groups in total. The van der Waals surface area contributed by atoms with Crippen molar-refractivity contribution in [2.75, 3.05) is 12.1 Å². The van der Waals surface area contributed by atoms with Crippen LogP contribution in [0.5, 0.6) is 11.5 Å². The van der Waals surface area contributed by atoms with Crippen molar-refractivity contribution < 1.29 is 9.47 Å². The fourth-order valence-corrected chi connectivity index (χ4v) is 3.21. The van der Waals surface area contributed by atoms with Gasteiger partial charge in [-0.3, -0.25) is 0 Å². The van der Waals surface area contributed by atoms with Crippen molar-refractivity contribution in [1.82, 2.24) is 0 Å². The van der Waals surface area contributed by atoms with Crippen molar-refractivity contribution in [3.05, 3.63) is 35.4 Å². The van der Waals surface area contributed by atoms with Gasteiger partial charge in [0.2, 0.25) is 6.79 Å². The second kappa shape index (κ2) is 3.73. The van der Waals surface area contributed by atoms with Crippen molar-refractivity contribution >= 4 is 34.7 Å². The number of nitrogens with one attached hydrogen (secondary N) is 1. The highest BCUT2D eigenvalue weighted by Crippen LogP contribution is 2.49. The first-order valence-electron chi connectivity index (χ1n) is 5.48. The van der Waals surface area contributed by atoms with E-state index in [0.29, 0.717) is 6.79 Å². The molecule has 90 valence electrons. The van der Waals surface area contributed by atoms with E-state index < -0.39 is 0 Å². The van der Waals surface area contributed by atoms with Gasteiger partial charge in [-0.05, 0) is 18.2 Å². The van der Waals surface area contributed by atoms with Crippen LogP contribution in [0.3, 0.4) is 0 Å².